The van der Waals surface area contributed by atoms with Crippen molar-refractivity contribution in [3.63, 3.8) is 0 Å². The van der Waals surface area contributed by atoms with E-state index in [9.17, 15) is 9.59 Å². The van der Waals surface area contributed by atoms with Gasteiger partial charge in [0.05, 0.1) is 0 Å². The second kappa shape index (κ2) is 7.04. The summed E-state index contributed by atoms with van der Waals surface area (Å²) < 4.78 is 0. The van der Waals surface area contributed by atoms with E-state index in [1.54, 1.807) is 0 Å². The van der Waals surface area contributed by atoms with Crippen molar-refractivity contribution in [1.82, 2.24) is 5.32 Å². The van der Waals surface area contributed by atoms with E-state index in [0.717, 1.165) is 5.57 Å². The van der Waals surface area contributed by atoms with E-state index in [4.69, 9.17) is 5.73 Å². The Balaban J connectivity index is 4.29. The topological polar surface area (TPSA) is 72.2 Å². The Morgan fingerprint density at radius 3 is 2.25 bits per heavy atom. The van der Waals surface area contributed by atoms with Crippen LogP contribution in [0.2, 0.25) is 0 Å². The summed E-state index contributed by atoms with van der Waals surface area (Å²) in [7, 11) is 0. The van der Waals surface area contributed by atoms with Crippen LogP contribution in [0.4, 0.5) is 0 Å². The van der Waals surface area contributed by atoms with E-state index in [2.05, 4.69) is 5.32 Å². The summed E-state index contributed by atoms with van der Waals surface area (Å²) in [5.41, 5.74) is 6.32. The van der Waals surface area contributed by atoms with Gasteiger partial charge in [-0.15, -0.1) is 0 Å². The number of primary amides is 1. The molecule has 0 aliphatic carbocycles. The maximum atomic E-state index is 11.5. The minimum Gasteiger partial charge on any atom is -0.368 e. The lowest BCUT2D eigenvalue weighted by Crippen LogP contribution is -2.44. The average Bonchev–Trinajstić information content (AvgIpc) is 2.09. The van der Waals surface area contributed by atoms with Gasteiger partial charge in [-0.05, 0) is 26.2 Å². The highest BCUT2D eigenvalue weighted by Gasteiger charge is 2.16. The zero-order valence-electron chi connectivity index (χ0n) is 10.5. The van der Waals surface area contributed by atoms with Gasteiger partial charge < -0.3 is 11.1 Å². The van der Waals surface area contributed by atoms with E-state index >= 15 is 0 Å². The first kappa shape index (κ1) is 14.7. The van der Waals surface area contributed by atoms with Gasteiger partial charge in [0.25, 0.3) is 0 Å². The quantitative estimate of drug-likeness (QED) is 0.671. The third-order valence-electron chi connectivity index (χ3n) is 2.03. The molecule has 2 amide bonds. The van der Waals surface area contributed by atoms with Crippen LogP contribution in [0.25, 0.3) is 0 Å². The maximum Gasteiger partial charge on any atom is 0.240 e. The largest absolute Gasteiger partial charge is 0.368 e. The number of nitrogens with one attached hydrogen (secondary N) is 1. The van der Waals surface area contributed by atoms with Gasteiger partial charge in [0.1, 0.15) is 6.04 Å². The van der Waals surface area contributed by atoms with E-state index in [-0.39, 0.29) is 11.8 Å². The molecule has 0 heterocycles. The van der Waals surface area contributed by atoms with E-state index < -0.39 is 11.9 Å². The normalized spacial score (nSPS) is 12.1. The van der Waals surface area contributed by atoms with Crippen LogP contribution in [0.15, 0.2) is 11.6 Å². The highest BCUT2D eigenvalue weighted by atomic mass is 16.2. The van der Waals surface area contributed by atoms with Crippen molar-refractivity contribution in [2.45, 2.75) is 46.6 Å². The molecule has 3 N–H and O–H groups in total. The smallest absolute Gasteiger partial charge is 0.240 e. The zero-order chi connectivity index (χ0) is 12.7. The predicted octanol–water partition coefficient (Wildman–Crippen LogP) is 1.36. The fourth-order valence-electron chi connectivity index (χ4n) is 1.22. The molecule has 0 spiro atoms. The lowest BCUT2D eigenvalue weighted by Gasteiger charge is -2.14. The van der Waals surface area contributed by atoms with E-state index in [0.29, 0.717) is 12.8 Å². The monoisotopic (exact) mass is 226 g/mol. The van der Waals surface area contributed by atoms with Crippen LogP contribution in [0.1, 0.15) is 40.5 Å². The second-order valence-corrected chi connectivity index (χ2v) is 4.64. The van der Waals surface area contributed by atoms with Gasteiger partial charge in [-0.1, -0.05) is 25.5 Å². The van der Waals surface area contributed by atoms with Crippen molar-refractivity contribution in [3.05, 3.63) is 11.6 Å². The Hall–Kier alpha value is -1.32. The molecule has 1 atom stereocenters. The lowest BCUT2D eigenvalue weighted by molar-refractivity contribution is -0.127. The molecule has 0 saturated heterocycles. The highest BCUT2D eigenvalue weighted by molar-refractivity contribution is 5.86. The first-order valence-corrected chi connectivity index (χ1v) is 5.55. The summed E-state index contributed by atoms with van der Waals surface area (Å²) in [5.74, 6) is -0.340. The highest BCUT2D eigenvalue weighted by Crippen LogP contribution is 2.02. The predicted molar refractivity (Wildman–Crippen MR) is 64.6 cm³/mol. The van der Waals surface area contributed by atoms with Gasteiger partial charge in [-0.3, -0.25) is 9.59 Å². The molecule has 0 aliphatic rings. The number of carbonyl (C=O) groups is 2. The van der Waals surface area contributed by atoms with Gasteiger partial charge in [0.2, 0.25) is 11.8 Å². The molecule has 0 aromatic rings. The van der Waals surface area contributed by atoms with Gasteiger partial charge in [0, 0.05) is 6.42 Å². The Bertz CT molecular complexity index is 279. The van der Waals surface area contributed by atoms with E-state index in [1.165, 1.54) is 0 Å². The van der Waals surface area contributed by atoms with Crippen LogP contribution in [0.3, 0.4) is 0 Å². The third kappa shape index (κ3) is 7.04. The molecule has 16 heavy (non-hydrogen) atoms. The summed E-state index contributed by atoms with van der Waals surface area (Å²) in [6.07, 6.45) is 2.77. The molecule has 0 rings (SSSR count). The van der Waals surface area contributed by atoms with Crippen molar-refractivity contribution in [2.24, 2.45) is 11.7 Å². The molecule has 0 bridgehead atoms. The van der Waals surface area contributed by atoms with Crippen molar-refractivity contribution in [1.29, 1.82) is 0 Å². The lowest BCUT2D eigenvalue weighted by atomic mass is 10.1. The minimum absolute atomic E-state index is 0.124. The maximum absolute atomic E-state index is 11.5. The minimum atomic E-state index is -0.596. The van der Waals surface area contributed by atoms with Crippen LogP contribution >= 0.6 is 0 Å². The van der Waals surface area contributed by atoms with Crippen molar-refractivity contribution in [3.8, 4) is 0 Å². The molecule has 4 nitrogen and oxygen atoms in total. The van der Waals surface area contributed by atoms with Crippen LogP contribution in [-0.4, -0.2) is 17.9 Å². The molecule has 0 unspecified atom stereocenters. The molecule has 0 aliphatic heterocycles. The standard InChI is InChI=1S/C12H22N2O2/c1-8(2)5-6-10(12(13)16)14-11(15)7-9(3)4/h5,9-10H,6-7H2,1-4H3,(H2,13,16)(H,14,15)/t10-/m1/s1. The fourth-order valence-corrected chi connectivity index (χ4v) is 1.22. The fraction of sp³-hybridized carbons (Fsp3) is 0.667. The SMILES string of the molecule is CC(C)=CC[C@@H](NC(=O)CC(C)C)C(N)=O. The summed E-state index contributed by atoms with van der Waals surface area (Å²) in [6.45, 7) is 7.78. The van der Waals surface area contributed by atoms with Crippen molar-refractivity contribution < 1.29 is 9.59 Å². The third-order valence-corrected chi connectivity index (χ3v) is 2.03. The molecule has 0 fully saturated rings. The summed E-state index contributed by atoms with van der Waals surface area (Å²) in [6, 6.07) is -0.596. The molecular weight excluding hydrogens is 204 g/mol. The van der Waals surface area contributed by atoms with Crippen molar-refractivity contribution >= 4 is 11.8 Å². The Labute approximate surface area is 97.3 Å². The summed E-state index contributed by atoms with van der Waals surface area (Å²) >= 11 is 0. The van der Waals surface area contributed by atoms with Crippen LogP contribution < -0.4 is 11.1 Å². The summed E-state index contributed by atoms with van der Waals surface area (Å²) in [4.78, 5) is 22.6. The first-order chi connectivity index (χ1) is 7.32. The number of hydrogen-bond donors (Lipinski definition) is 2. The number of amides is 2. The number of nitrogens with two attached hydrogens (primary N) is 1. The molecule has 0 aromatic heterocycles. The van der Waals surface area contributed by atoms with Crippen LogP contribution in [-0.2, 0) is 9.59 Å². The van der Waals surface area contributed by atoms with Gasteiger partial charge in [-0.25, -0.2) is 0 Å². The molecule has 0 aromatic carbocycles. The number of rotatable bonds is 6. The summed E-state index contributed by atoms with van der Waals surface area (Å²) in [5, 5.41) is 2.65. The Morgan fingerprint density at radius 2 is 1.88 bits per heavy atom. The molecule has 0 saturated carbocycles. The van der Waals surface area contributed by atoms with Crippen LogP contribution in [0.5, 0.6) is 0 Å². The Kier molecular flexibility index (Phi) is 6.46. The molecule has 4 heteroatoms. The molecular formula is C12H22N2O2. The number of allylic oxidation sites excluding steroid dienone is 1. The first-order valence-electron chi connectivity index (χ1n) is 5.55. The molecule has 0 radical (unpaired) electrons. The molecule has 92 valence electrons. The van der Waals surface area contributed by atoms with Gasteiger partial charge in [0.15, 0.2) is 0 Å². The average molecular weight is 226 g/mol. The van der Waals surface area contributed by atoms with Gasteiger partial charge in [-0.2, -0.15) is 0 Å². The van der Waals surface area contributed by atoms with Crippen LogP contribution in [0, 0.1) is 5.92 Å². The van der Waals surface area contributed by atoms with Gasteiger partial charge >= 0.3 is 0 Å². The number of hydrogen-bond acceptors (Lipinski definition) is 2. The van der Waals surface area contributed by atoms with Crippen molar-refractivity contribution in [2.75, 3.05) is 0 Å². The second-order valence-electron chi connectivity index (χ2n) is 4.64. The van der Waals surface area contributed by atoms with E-state index in [1.807, 2.05) is 33.8 Å². The number of carbonyl (C=O) groups excluding carboxylic acids is 2. The Morgan fingerprint density at radius 1 is 1.31 bits per heavy atom. The zero-order valence-corrected chi connectivity index (χ0v) is 10.5.